The summed E-state index contributed by atoms with van der Waals surface area (Å²) < 4.78 is 0. The summed E-state index contributed by atoms with van der Waals surface area (Å²) in [6.45, 7) is 2.07. The molecule has 0 bridgehead atoms. The third-order valence-corrected chi connectivity index (χ3v) is 6.21. The van der Waals surface area contributed by atoms with Gasteiger partial charge in [-0.2, -0.15) is 0 Å². The summed E-state index contributed by atoms with van der Waals surface area (Å²) in [4.78, 5) is 28.9. The van der Waals surface area contributed by atoms with Crippen molar-refractivity contribution in [2.24, 2.45) is 0 Å². The van der Waals surface area contributed by atoms with E-state index in [0.717, 1.165) is 40.0 Å². The van der Waals surface area contributed by atoms with E-state index in [2.05, 4.69) is 43.5 Å². The molecular weight excluding hydrogens is 346 g/mol. The second-order valence-electron chi connectivity index (χ2n) is 7.04. The monoisotopic (exact) mass is 365 g/mol. The van der Waals surface area contributed by atoms with Gasteiger partial charge in [0.1, 0.15) is 17.0 Å². The number of nitrogens with one attached hydrogen (secondary N) is 1. The number of carbonyl (C=O) groups is 1. The van der Waals surface area contributed by atoms with Crippen molar-refractivity contribution in [3.8, 4) is 0 Å². The molecule has 6 nitrogen and oxygen atoms in total. The van der Waals surface area contributed by atoms with Crippen LogP contribution in [0, 0.1) is 6.92 Å². The molecule has 7 heteroatoms. The van der Waals surface area contributed by atoms with Gasteiger partial charge >= 0.3 is 0 Å². The van der Waals surface area contributed by atoms with Gasteiger partial charge in [-0.1, -0.05) is 6.07 Å². The summed E-state index contributed by atoms with van der Waals surface area (Å²) in [6.07, 6.45) is 7.90. The predicted molar refractivity (Wildman–Crippen MR) is 101 cm³/mol. The first-order valence-electron chi connectivity index (χ1n) is 8.89. The van der Waals surface area contributed by atoms with Gasteiger partial charge < -0.3 is 10.2 Å². The zero-order chi connectivity index (χ0) is 17.7. The Bertz CT molecular complexity index is 968. The molecule has 1 aliphatic heterocycles. The summed E-state index contributed by atoms with van der Waals surface area (Å²) in [5.41, 5.74) is 2.24. The van der Waals surface area contributed by atoms with Crippen LogP contribution in [0.5, 0.6) is 0 Å². The van der Waals surface area contributed by atoms with Crippen LogP contribution in [0.3, 0.4) is 0 Å². The molecule has 3 aromatic rings. The van der Waals surface area contributed by atoms with E-state index in [9.17, 15) is 4.79 Å². The Hall–Kier alpha value is -2.54. The fourth-order valence-electron chi connectivity index (χ4n) is 3.91. The maximum Gasteiger partial charge on any atom is 0.225 e. The fraction of sp³-hybridized carbons (Fsp3) is 0.368. The molecule has 0 spiro atoms. The van der Waals surface area contributed by atoms with E-state index in [0.29, 0.717) is 12.5 Å². The zero-order valence-electron chi connectivity index (χ0n) is 14.4. The number of amides is 1. The first-order chi connectivity index (χ1) is 12.7. The minimum absolute atomic E-state index is 0.00680. The Labute approximate surface area is 155 Å². The van der Waals surface area contributed by atoms with Gasteiger partial charge in [0.05, 0.1) is 17.5 Å². The molecule has 2 atom stereocenters. The van der Waals surface area contributed by atoms with Gasteiger partial charge in [0.15, 0.2) is 0 Å². The predicted octanol–water partition coefficient (Wildman–Crippen LogP) is 3.31. The van der Waals surface area contributed by atoms with E-state index < -0.39 is 0 Å². The van der Waals surface area contributed by atoms with E-state index in [-0.39, 0.29) is 18.0 Å². The molecule has 0 aromatic carbocycles. The van der Waals surface area contributed by atoms with Crippen molar-refractivity contribution in [3.63, 3.8) is 0 Å². The summed E-state index contributed by atoms with van der Waals surface area (Å²) in [5, 5.41) is 6.72. The molecule has 5 rings (SSSR count). The summed E-state index contributed by atoms with van der Waals surface area (Å²) >= 11 is 1.62. The average Bonchev–Trinajstić information content (AvgIpc) is 3.34. The number of hydrogen-bond acceptors (Lipinski definition) is 6. The first-order valence-corrected chi connectivity index (χ1v) is 9.77. The maximum atomic E-state index is 12.8. The Morgan fingerprint density at radius 1 is 1.31 bits per heavy atom. The van der Waals surface area contributed by atoms with Crippen LogP contribution in [0.15, 0.2) is 36.2 Å². The largest absolute Gasteiger partial charge is 0.364 e. The fourth-order valence-corrected chi connectivity index (χ4v) is 4.80. The van der Waals surface area contributed by atoms with Crippen molar-refractivity contribution < 1.29 is 4.79 Å². The first kappa shape index (κ1) is 15.7. The number of pyridine rings is 1. The van der Waals surface area contributed by atoms with Gasteiger partial charge in [-0.25, -0.2) is 9.97 Å². The van der Waals surface area contributed by atoms with Crippen LogP contribution < -0.4 is 5.32 Å². The highest BCUT2D eigenvalue weighted by Crippen LogP contribution is 2.43. The van der Waals surface area contributed by atoms with Crippen LogP contribution in [-0.2, 0) is 4.79 Å². The minimum Gasteiger partial charge on any atom is -0.364 e. The molecule has 26 heavy (non-hydrogen) atoms. The number of anilines is 1. The topological polar surface area (TPSA) is 71.0 Å². The van der Waals surface area contributed by atoms with Crippen molar-refractivity contribution in [2.75, 3.05) is 5.32 Å². The molecule has 132 valence electrons. The molecule has 4 heterocycles. The SMILES string of the molecule is Cc1csc2ncnc(N[C@@H]3CC(=O)N(C4CC4)[C@H]3c3cccnc3)c12. The molecule has 2 fully saturated rings. The Morgan fingerprint density at radius 2 is 2.19 bits per heavy atom. The molecule has 1 saturated carbocycles. The van der Waals surface area contributed by atoms with Crippen molar-refractivity contribution in [1.82, 2.24) is 19.9 Å². The minimum atomic E-state index is -0.0234. The van der Waals surface area contributed by atoms with Gasteiger partial charge in [0.2, 0.25) is 5.91 Å². The van der Waals surface area contributed by atoms with Gasteiger partial charge in [0, 0.05) is 24.9 Å². The van der Waals surface area contributed by atoms with E-state index >= 15 is 0 Å². The lowest BCUT2D eigenvalue weighted by Gasteiger charge is -2.29. The number of aromatic nitrogens is 3. The molecule has 1 saturated heterocycles. The van der Waals surface area contributed by atoms with Gasteiger partial charge in [-0.05, 0) is 42.3 Å². The van der Waals surface area contributed by atoms with E-state index in [1.165, 1.54) is 0 Å². The van der Waals surface area contributed by atoms with Crippen LogP contribution in [0.1, 0.15) is 36.4 Å². The highest BCUT2D eigenvalue weighted by atomic mass is 32.1. The highest BCUT2D eigenvalue weighted by molar-refractivity contribution is 7.17. The quantitative estimate of drug-likeness (QED) is 0.768. The summed E-state index contributed by atoms with van der Waals surface area (Å²) in [7, 11) is 0. The third-order valence-electron chi connectivity index (χ3n) is 5.21. The number of likely N-dealkylation sites (tertiary alicyclic amines) is 1. The van der Waals surface area contributed by atoms with Crippen molar-refractivity contribution in [2.45, 2.75) is 44.3 Å². The maximum absolute atomic E-state index is 12.8. The second-order valence-corrected chi connectivity index (χ2v) is 7.90. The number of nitrogens with zero attached hydrogens (tertiary/aromatic N) is 4. The molecular formula is C19H19N5OS. The van der Waals surface area contributed by atoms with Crippen LogP contribution in [-0.4, -0.2) is 37.8 Å². The Balaban J connectivity index is 1.54. The lowest BCUT2D eigenvalue weighted by Crippen LogP contribution is -2.34. The van der Waals surface area contributed by atoms with Crippen molar-refractivity contribution >= 4 is 33.3 Å². The van der Waals surface area contributed by atoms with Crippen LogP contribution in [0.4, 0.5) is 5.82 Å². The van der Waals surface area contributed by atoms with Crippen LogP contribution >= 0.6 is 11.3 Å². The number of rotatable bonds is 4. The van der Waals surface area contributed by atoms with Gasteiger partial charge in [0.25, 0.3) is 0 Å². The summed E-state index contributed by atoms with van der Waals surface area (Å²) in [5.74, 6) is 1.03. The highest BCUT2D eigenvalue weighted by Gasteiger charge is 2.47. The average molecular weight is 365 g/mol. The molecule has 1 N–H and O–H groups in total. The number of thiophene rings is 1. The van der Waals surface area contributed by atoms with Crippen molar-refractivity contribution in [1.29, 1.82) is 0 Å². The molecule has 1 aliphatic carbocycles. The number of hydrogen-bond donors (Lipinski definition) is 1. The summed E-state index contributed by atoms with van der Waals surface area (Å²) in [6, 6.07) is 4.34. The Morgan fingerprint density at radius 3 is 2.96 bits per heavy atom. The number of carbonyl (C=O) groups excluding carboxylic acids is 1. The standard InChI is InChI=1S/C19H19N5OS/c1-11-9-26-19-16(11)18(21-10-22-19)23-14-7-15(25)24(13-4-5-13)17(14)12-3-2-6-20-8-12/h2-3,6,8-10,13-14,17H,4-5,7H2,1H3,(H,21,22,23)/t14-,17+/m1/s1. The molecule has 1 amide bonds. The normalized spacial score (nSPS) is 23.0. The number of aryl methyl sites for hydroxylation is 1. The molecule has 3 aromatic heterocycles. The van der Waals surface area contributed by atoms with Crippen LogP contribution in [0.2, 0.25) is 0 Å². The molecule has 0 unspecified atom stereocenters. The number of fused-ring (bicyclic) bond motifs is 1. The molecule has 2 aliphatic rings. The lowest BCUT2D eigenvalue weighted by atomic mass is 10.0. The zero-order valence-corrected chi connectivity index (χ0v) is 15.2. The Kier molecular flexibility index (Phi) is 3.63. The second kappa shape index (κ2) is 6.02. The van der Waals surface area contributed by atoms with Crippen molar-refractivity contribution in [3.05, 3.63) is 47.4 Å². The lowest BCUT2D eigenvalue weighted by molar-refractivity contribution is -0.129. The van der Waals surface area contributed by atoms with Gasteiger partial charge in [-0.15, -0.1) is 11.3 Å². The van der Waals surface area contributed by atoms with Crippen LogP contribution in [0.25, 0.3) is 10.2 Å². The van der Waals surface area contributed by atoms with Gasteiger partial charge in [-0.3, -0.25) is 9.78 Å². The van der Waals surface area contributed by atoms with E-state index in [1.807, 2.05) is 12.3 Å². The smallest absolute Gasteiger partial charge is 0.225 e. The van der Waals surface area contributed by atoms with E-state index in [4.69, 9.17) is 0 Å². The third kappa shape index (κ3) is 2.54. The molecule has 0 radical (unpaired) electrons. The van der Waals surface area contributed by atoms with E-state index in [1.54, 1.807) is 23.9 Å².